The molecule has 0 radical (unpaired) electrons. The first kappa shape index (κ1) is 21.6. The SMILES string of the molecule is C=C1/C(=C\C=C2/CCC[C@@]3(C)C2CC[C@@H]3CC(=O)/C=C(\O)C2CC2)C[C@@H](O)C[C@@H]1O. The maximum Gasteiger partial charge on any atom is 0.159 e. The summed E-state index contributed by atoms with van der Waals surface area (Å²) in [5.74, 6) is 1.43. The number of ketones is 1. The lowest BCUT2D eigenvalue weighted by Gasteiger charge is -2.42. The lowest BCUT2D eigenvalue weighted by molar-refractivity contribution is -0.116. The van der Waals surface area contributed by atoms with Crippen molar-refractivity contribution in [1.29, 1.82) is 0 Å². The number of aliphatic hydroxyl groups excluding tert-OH is 3. The normalized spacial score (nSPS) is 40.1. The summed E-state index contributed by atoms with van der Waals surface area (Å²) >= 11 is 0. The molecule has 4 fully saturated rings. The molecule has 4 saturated carbocycles. The van der Waals surface area contributed by atoms with E-state index in [0.717, 1.165) is 56.1 Å². The summed E-state index contributed by atoms with van der Waals surface area (Å²) in [5, 5.41) is 30.1. The first-order chi connectivity index (χ1) is 14.3. The number of aliphatic hydroxyl groups is 3. The van der Waals surface area contributed by atoms with Crippen LogP contribution in [0, 0.1) is 23.2 Å². The molecule has 0 heterocycles. The van der Waals surface area contributed by atoms with Gasteiger partial charge in [0.1, 0.15) is 0 Å². The first-order valence-electron chi connectivity index (χ1n) is 11.7. The van der Waals surface area contributed by atoms with Gasteiger partial charge in [0.2, 0.25) is 0 Å². The van der Waals surface area contributed by atoms with Crippen LogP contribution in [0.25, 0.3) is 0 Å². The third-order valence-corrected chi connectivity index (χ3v) is 8.18. The van der Waals surface area contributed by atoms with Crippen molar-refractivity contribution in [2.75, 3.05) is 0 Å². The summed E-state index contributed by atoms with van der Waals surface area (Å²) in [6, 6.07) is 0. The standard InChI is InChI=1S/C26H36O4/c1-16-19(12-21(27)14-24(16)29)8-5-17-4-3-11-26(2)20(9-10-23(17)26)13-22(28)15-25(30)18-6-7-18/h5,8,15,18,20-21,23-24,27,29-30H,1,3-4,6-7,9-14H2,2H3/b17-5+,19-8-,25-15-/t20-,21-,23?,24+,26-/m1/s1. The van der Waals surface area contributed by atoms with Crippen LogP contribution in [-0.4, -0.2) is 33.3 Å². The molecule has 4 heteroatoms. The monoisotopic (exact) mass is 412 g/mol. The Bertz CT molecular complexity index is 800. The van der Waals surface area contributed by atoms with Crippen molar-refractivity contribution >= 4 is 5.78 Å². The van der Waals surface area contributed by atoms with Gasteiger partial charge in [0.05, 0.1) is 18.0 Å². The van der Waals surface area contributed by atoms with E-state index in [4.69, 9.17) is 0 Å². The number of carbonyl (C=O) groups is 1. The van der Waals surface area contributed by atoms with Crippen LogP contribution in [0.15, 0.2) is 47.3 Å². The smallest absolute Gasteiger partial charge is 0.159 e. The maximum atomic E-state index is 12.6. The molecule has 30 heavy (non-hydrogen) atoms. The molecule has 1 unspecified atom stereocenters. The molecule has 0 aliphatic heterocycles. The molecule has 0 aromatic carbocycles. The van der Waals surface area contributed by atoms with Crippen LogP contribution in [0.4, 0.5) is 0 Å². The highest BCUT2D eigenvalue weighted by Crippen LogP contribution is 2.58. The van der Waals surface area contributed by atoms with Crippen LogP contribution in [0.1, 0.15) is 71.1 Å². The third-order valence-electron chi connectivity index (χ3n) is 8.18. The Balaban J connectivity index is 1.47. The van der Waals surface area contributed by atoms with Crippen molar-refractivity contribution in [3.8, 4) is 0 Å². The highest BCUT2D eigenvalue weighted by atomic mass is 16.3. The number of fused-ring (bicyclic) bond motifs is 1. The van der Waals surface area contributed by atoms with E-state index >= 15 is 0 Å². The van der Waals surface area contributed by atoms with Crippen molar-refractivity contribution in [2.24, 2.45) is 23.2 Å². The number of carbonyl (C=O) groups excluding carboxylic acids is 1. The Kier molecular flexibility index (Phi) is 6.09. The topological polar surface area (TPSA) is 77.8 Å². The number of hydrogen-bond donors (Lipinski definition) is 3. The average Bonchev–Trinajstić information content (AvgIpc) is 3.48. The van der Waals surface area contributed by atoms with Crippen LogP contribution < -0.4 is 0 Å². The molecular formula is C26H36O4. The van der Waals surface area contributed by atoms with E-state index < -0.39 is 12.2 Å². The number of allylic oxidation sites excluding steroid dienone is 5. The van der Waals surface area contributed by atoms with E-state index in [1.54, 1.807) is 0 Å². The van der Waals surface area contributed by atoms with Crippen LogP contribution in [0.3, 0.4) is 0 Å². The maximum absolute atomic E-state index is 12.6. The minimum absolute atomic E-state index is 0.0750. The van der Waals surface area contributed by atoms with E-state index in [-0.39, 0.29) is 22.9 Å². The fourth-order valence-corrected chi connectivity index (χ4v) is 6.11. The second kappa shape index (κ2) is 8.47. The second-order valence-electron chi connectivity index (χ2n) is 10.3. The van der Waals surface area contributed by atoms with Gasteiger partial charge in [-0.2, -0.15) is 0 Å². The molecule has 3 N–H and O–H groups in total. The quantitative estimate of drug-likeness (QED) is 0.442. The molecule has 0 aromatic heterocycles. The Hall–Kier alpha value is -1.65. The zero-order valence-electron chi connectivity index (χ0n) is 18.1. The van der Waals surface area contributed by atoms with Crippen molar-refractivity contribution in [2.45, 2.75) is 83.3 Å². The molecule has 4 aliphatic rings. The second-order valence-corrected chi connectivity index (χ2v) is 10.3. The molecular weight excluding hydrogens is 376 g/mol. The van der Waals surface area contributed by atoms with Gasteiger partial charge in [-0.25, -0.2) is 0 Å². The van der Waals surface area contributed by atoms with Gasteiger partial charge in [-0.3, -0.25) is 4.79 Å². The summed E-state index contributed by atoms with van der Waals surface area (Å²) in [5.41, 5.74) is 3.24. The Labute approximate surface area is 180 Å². The van der Waals surface area contributed by atoms with Gasteiger partial charge in [0, 0.05) is 24.8 Å². The largest absolute Gasteiger partial charge is 0.512 e. The summed E-state index contributed by atoms with van der Waals surface area (Å²) in [6.07, 6.45) is 13.6. The minimum atomic E-state index is -0.656. The van der Waals surface area contributed by atoms with E-state index in [1.165, 1.54) is 11.6 Å². The fourth-order valence-electron chi connectivity index (χ4n) is 6.11. The average molecular weight is 413 g/mol. The Morgan fingerprint density at radius 2 is 1.97 bits per heavy atom. The van der Waals surface area contributed by atoms with Gasteiger partial charge < -0.3 is 15.3 Å². The summed E-state index contributed by atoms with van der Waals surface area (Å²) in [7, 11) is 0. The van der Waals surface area contributed by atoms with E-state index in [9.17, 15) is 20.1 Å². The van der Waals surface area contributed by atoms with E-state index in [2.05, 4.69) is 25.7 Å². The first-order valence-corrected chi connectivity index (χ1v) is 11.7. The molecule has 5 atom stereocenters. The summed E-state index contributed by atoms with van der Waals surface area (Å²) in [4.78, 5) is 12.6. The van der Waals surface area contributed by atoms with Crippen molar-refractivity contribution in [1.82, 2.24) is 0 Å². The highest BCUT2D eigenvalue weighted by Gasteiger charge is 2.49. The molecule has 0 spiro atoms. The van der Waals surface area contributed by atoms with Crippen molar-refractivity contribution < 1.29 is 20.1 Å². The number of rotatable bonds is 5. The predicted molar refractivity (Wildman–Crippen MR) is 118 cm³/mol. The van der Waals surface area contributed by atoms with E-state index in [0.29, 0.717) is 31.1 Å². The van der Waals surface area contributed by atoms with Gasteiger partial charge >= 0.3 is 0 Å². The zero-order valence-corrected chi connectivity index (χ0v) is 18.1. The third kappa shape index (κ3) is 4.36. The van der Waals surface area contributed by atoms with Gasteiger partial charge in [0.15, 0.2) is 5.78 Å². The van der Waals surface area contributed by atoms with E-state index in [1.807, 2.05) is 0 Å². The van der Waals surface area contributed by atoms with Crippen molar-refractivity contribution in [3.63, 3.8) is 0 Å². The zero-order chi connectivity index (χ0) is 21.5. The van der Waals surface area contributed by atoms with Crippen LogP contribution in [0.5, 0.6) is 0 Å². The van der Waals surface area contributed by atoms with Gasteiger partial charge in [-0.05, 0) is 79.8 Å². The van der Waals surface area contributed by atoms with Gasteiger partial charge in [-0.15, -0.1) is 0 Å². The molecule has 4 aliphatic carbocycles. The Morgan fingerprint density at radius 1 is 1.20 bits per heavy atom. The fraction of sp³-hybridized carbons (Fsp3) is 0.654. The van der Waals surface area contributed by atoms with Gasteiger partial charge in [-0.1, -0.05) is 31.2 Å². The van der Waals surface area contributed by atoms with Crippen molar-refractivity contribution in [3.05, 3.63) is 47.3 Å². The van der Waals surface area contributed by atoms with Crippen LogP contribution in [-0.2, 0) is 4.79 Å². The molecule has 0 aromatic rings. The number of hydrogen-bond acceptors (Lipinski definition) is 4. The molecule has 0 amide bonds. The molecule has 0 saturated heterocycles. The molecule has 4 rings (SSSR count). The van der Waals surface area contributed by atoms with Crippen LogP contribution in [0.2, 0.25) is 0 Å². The predicted octanol–water partition coefficient (Wildman–Crippen LogP) is 4.94. The highest BCUT2D eigenvalue weighted by molar-refractivity contribution is 5.90. The summed E-state index contributed by atoms with van der Waals surface area (Å²) < 4.78 is 0. The molecule has 4 nitrogen and oxygen atoms in total. The lowest BCUT2D eigenvalue weighted by Crippen LogP contribution is -2.34. The lowest BCUT2D eigenvalue weighted by atomic mass is 9.62. The Morgan fingerprint density at radius 3 is 2.70 bits per heavy atom. The molecule has 0 bridgehead atoms. The minimum Gasteiger partial charge on any atom is -0.512 e. The summed E-state index contributed by atoms with van der Waals surface area (Å²) in [6.45, 7) is 6.37. The van der Waals surface area contributed by atoms with Gasteiger partial charge in [0.25, 0.3) is 0 Å². The van der Waals surface area contributed by atoms with Crippen LogP contribution >= 0.6 is 0 Å². The molecule has 164 valence electrons.